The number of halogens is 1. The molecule has 168 valence electrons. The van der Waals surface area contributed by atoms with Gasteiger partial charge in [0.15, 0.2) is 11.6 Å². The Morgan fingerprint density at radius 3 is 2.52 bits per heavy atom. The second kappa shape index (κ2) is 8.93. The Balaban J connectivity index is 0.00000259. The maximum absolute atomic E-state index is 12.4. The summed E-state index contributed by atoms with van der Waals surface area (Å²) >= 11 is 3.07. The van der Waals surface area contributed by atoms with Gasteiger partial charge in [0.1, 0.15) is 10.6 Å². The Hall–Kier alpha value is -3.27. The average molecular weight is 499 g/mol. The molecule has 0 bridgehead atoms. The number of rotatable bonds is 5. The third-order valence-corrected chi connectivity index (χ3v) is 7.32. The molecule has 4 aromatic rings. The lowest BCUT2D eigenvalue weighted by atomic mass is 10.1. The van der Waals surface area contributed by atoms with Gasteiger partial charge in [0.05, 0.1) is 23.8 Å². The molecule has 10 heteroatoms. The number of methoxy groups -OCH3 is 1. The Labute approximate surface area is 204 Å². The summed E-state index contributed by atoms with van der Waals surface area (Å²) in [6.07, 6.45) is -0.00242. The van der Waals surface area contributed by atoms with Crippen LogP contribution in [0.15, 0.2) is 53.9 Å². The second-order valence-electron chi connectivity index (χ2n) is 7.26. The fourth-order valence-corrected chi connectivity index (χ4v) is 5.43. The van der Waals surface area contributed by atoms with Gasteiger partial charge >= 0.3 is 0 Å². The van der Waals surface area contributed by atoms with Crippen LogP contribution < -0.4 is 10.2 Å². The van der Waals surface area contributed by atoms with E-state index in [9.17, 15) is 9.59 Å². The van der Waals surface area contributed by atoms with Crippen molar-refractivity contribution in [3.63, 3.8) is 0 Å². The molecule has 0 spiro atoms. The number of ether oxygens (including phenoxy) is 1. The number of benzene rings is 1. The first-order chi connectivity index (χ1) is 15.5. The summed E-state index contributed by atoms with van der Waals surface area (Å²) in [4.78, 5) is 37.0. The number of carbonyl (C=O) groups excluding carboxylic acids is 2. The van der Waals surface area contributed by atoms with Crippen molar-refractivity contribution in [2.45, 2.75) is 13.3 Å². The third-order valence-electron chi connectivity index (χ3n) is 5.22. The van der Waals surface area contributed by atoms with E-state index in [4.69, 9.17) is 14.7 Å². The summed E-state index contributed by atoms with van der Waals surface area (Å²) in [6.45, 7) is 5.67. The average Bonchev–Trinajstić information content (AvgIpc) is 3.50. The van der Waals surface area contributed by atoms with Gasteiger partial charge in [-0.05, 0) is 53.8 Å². The van der Waals surface area contributed by atoms with Crippen molar-refractivity contribution in [2.24, 2.45) is 0 Å². The minimum absolute atomic E-state index is 0. The first kappa shape index (κ1) is 22.9. The summed E-state index contributed by atoms with van der Waals surface area (Å²) in [7, 11) is 1.63. The van der Waals surface area contributed by atoms with E-state index >= 15 is 0 Å². The standard InChI is InChI=1S/C23H18N4O3S2.ClH/c1-12-11-17(28)27(23(12)29)26-21-18-13(2)19(14-6-8-15(30-3)9-7-14)32-22(18)25-20(24-21)16-5-4-10-31-16;/h4-10H,1,11H2,2-3H3,(H,24,25,26);1H. The van der Waals surface area contributed by atoms with Gasteiger partial charge in [-0.25, -0.2) is 9.97 Å². The normalized spacial score (nSPS) is 13.5. The SMILES string of the molecule is C=C1CC(=O)N(Nc2nc(-c3cccs3)nc3sc(-c4ccc(OC)cc4)c(C)c23)C1=O.Cl. The van der Waals surface area contributed by atoms with E-state index in [1.807, 2.05) is 48.7 Å². The number of hydrazine groups is 1. The zero-order valence-corrected chi connectivity index (χ0v) is 20.2. The molecule has 0 aliphatic carbocycles. The predicted octanol–water partition coefficient (Wildman–Crippen LogP) is 5.47. The van der Waals surface area contributed by atoms with E-state index in [1.54, 1.807) is 18.4 Å². The van der Waals surface area contributed by atoms with Crippen molar-refractivity contribution in [3.05, 3.63) is 59.5 Å². The zero-order chi connectivity index (χ0) is 22.4. The summed E-state index contributed by atoms with van der Waals surface area (Å²) in [5, 5.41) is 3.72. The maximum atomic E-state index is 12.4. The molecule has 1 saturated heterocycles. The molecule has 0 saturated carbocycles. The fraction of sp³-hybridized carbons (Fsp3) is 0.130. The first-order valence-electron chi connectivity index (χ1n) is 9.77. The zero-order valence-electron chi connectivity index (χ0n) is 17.7. The van der Waals surface area contributed by atoms with E-state index in [-0.39, 0.29) is 30.3 Å². The third kappa shape index (κ3) is 3.99. The van der Waals surface area contributed by atoms with Gasteiger partial charge in [-0.1, -0.05) is 12.6 Å². The van der Waals surface area contributed by atoms with Gasteiger partial charge in [0.25, 0.3) is 11.8 Å². The molecular weight excluding hydrogens is 480 g/mol. The van der Waals surface area contributed by atoms with Crippen LogP contribution in [0, 0.1) is 6.92 Å². The van der Waals surface area contributed by atoms with Crippen LogP contribution in [-0.2, 0) is 9.59 Å². The van der Waals surface area contributed by atoms with Crippen molar-refractivity contribution in [1.82, 2.24) is 15.0 Å². The molecule has 1 fully saturated rings. The van der Waals surface area contributed by atoms with Gasteiger partial charge in [0, 0.05) is 10.5 Å². The molecule has 0 unspecified atom stereocenters. The highest BCUT2D eigenvalue weighted by molar-refractivity contribution is 7.22. The van der Waals surface area contributed by atoms with E-state index in [0.29, 0.717) is 11.6 Å². The molecule has 0 atom stereocenters. The molecule has 5 rings (SSSR count). The van der Waals surface area contributed by atoms with Gasteiger partial charge < -0.3 is 4.74 Å². The topological polar surface area (TPSA) is 84.4 Å². The number of imide groups is 1. The van der Waals surface area contributed by atoms with Gasteiger partial charge in [-0.15, -0.1) is 35.1 Å². The Morgan fingerprint density at radius 1 is 1.15 bits per heavy atom. The highest BCUT2D eigenvalue weighted by Gasteiger charge is 2.34. The lowest BCUT2D eigenvalue weighted by Crippen LogP contribution is -2.35. The van der Waals surface area contributed by atoms with Crippen LogP contribution in [0.5, 0.6) is 5.75 Å². The molecule has 1 aliphatic rings. The summed E-state index contributed by atoms with van der Waals surface area (Å²) in [5.41, 5.74) is 5.20. The molecular formula is C23H19ClN4O3S2. The van der Waals surface area contributed by atoms with E-state index < -0.39 is 5.91 Å². The van der Waals surface area contributed by atoms with Crippen molar-refractivity contribution in [3.8, 4) is 26.9 Å². The molecule has 0 radical (unpaired) electrons. The van der Waals surface area contributed by atoms with Crippen LogP contribution in [0.25, 0.3) is 31.4 Å². The van der Waals surface area contributed by atoms with E-state index in [1.165, 1.54) is 11.3 Å². The predicted molar refractivity (Wildman–Crippen MR) is 134 cm³/mol. The number of carbonyl (C=O) groups is 2. The largest absolute Gasteiger partial charge is 0.497 e. The minimum atomic E-state index is -0.442. The van der Waals surface area contributed by atoms with E-state index in [0.717, 1.165) is 41.9 Å². The number of thiophene rings is 2. The number of aromatic nitrogens is 2. The summed E-state index contributed by atoms with van der Waals surface area (Å²) in [5.74, 6) is 0.940. The van der Waals surface area contributed by atoms with Crippen LogP contribution in [0.4, 0.5) is 5.82 Å². The van der Waals surface area contributed by atoms with Crippen molar-refractivity contribution < 1.29 is 14.3 Å². The summed E-state index contributed by atoms with van der Waals surface area (Å²) < 4.78 is 5.27. The maximum Gasteiger partial charge on any atom is 0.275 e. The number of fused-ring (bicyclic) bond motifs is 1. The second-order valence-corrected chi connectivity index (χ2v) is 9.21. The van der Waals surface area contributed by atoms with Crippen LogP contribution in [-0.4, -0.2) is 33.9 Å². The lowest BCUT2D eigenvalue weighted by Gasteiger charge is -2.17. The molecule has 33 heavy (non-hydrogen) atoms. The molecule has 4 heterocycles. The highest BCUT2D eigenvalue weighted by Crippen LogP contribution is 2.42. The quantitative estimate of drug-likeness (QED) is 0.290. The Bertz CT molecular complexity index is 1380. The molecule has 3 aromatic heterocycles. The van der Waals surface area contributed by atoms with Crippen LogP contribution in [0.3, 0.4) is 0 Å². The van der Waals surface area contributed by atoms with Crippen LogP contribution >= 0.6 is 35.1 Å². The van der Waals surface area contributed by atoms with Crippen molar-refractivity contribution >= 4 is 62.9 Å². The number of hydrogen-bond donors (Lipinski definition) is 1. The molecule has 1 N–H and O–H groups in total. The Kier molecular flexibility index (Phi) is 6.20. The van der Waals surface area contributed by atoms with Crippen molar-refractivity contribution in [2.75, 3.05) is 12.5 Å². The van der Waals surface area contributed by atoms with Crippen LogP contribution in [0.1, 0.15) is 12.0 Å². The molecule has 2 amide bonds. The number of nitrogens with one attached hydrogen (secondary N) is 1. The van der Waals surface area contributed by atoms with Gasteiger partial charge in [0.2, 0.25) is 0 Å². The first-order valence-corrected chi connectivity index (χ1v) is 11.5. The van der Waals surface area contributed by atoms with Gasteiger partial charge in [-0.2, -0.15) is 5.01 Å². The lowest BCUT2D eigenvalue weighted by molar-refractivity contribution is -0.135. The minimum Gasteiger partial charge on any atom is -0.497 e. The fourth-order valence-electron chi connectivity index (χ4n) is 3.58. The van der Waals surface area contributed by atoms with Crippen molar-refractivity contribution in [1.29, 1.82) is 0 Å². The number of amides is 2. The number of hydrogen-bond acceptors (Lipinski definition) is 8. The van der Waals surface area contributed by atoms with E-state index in [2.05, 4.69) is 12.0 Å². The number of nitrogens with zero attached hydrogens (tertiary/aromatic N) is 3. The number of anilines is 1. The van der Waals surface area contributed by atoms with Gasteiger partial charge in [-0.3, -0.25) is 15.0 Å². The molecule has 7 nitrogen and oxygen atoms in total. The summed E-state index contributed by atoms with van der Waals surface area (Å²) in [6, 6.07) is 11.7. The highest BCUT2D eigenvalue weighted by atomic mass is 35.5. The monoisotopic (exact) mass is 498 g/mol. The number of aryl methyl sites for hydroxylation is 1. The Morgan fingerprint density at radius 2 is 1.91 bits per heavy atom. The molecule has 1 aromatic carbocycles. The molecule has 1 aliphatic heterocycles. The van der Waals surface area contributed by atoms with Crippen LogP contribution in [0.2, 0.25) is 0 Å². The smallest absolute Gasteiger partial charge is 0.275 e.